The van der Waals surface area contributed by atoms with E-state index in [1.165, 1.54) is 192 Å². The lowest BCUT2D eigenvalue weighted by Gasteiger charge is -2.19. The summed E-state index contributed by atoms with van der Waals surface area (Å²) in [6, 6.07) is 20.1. The SMILES string of the molecule is CCCCCCCCCCCCCCCCCCCCCCCCCCCCCC(=O)OC[C@H](COP(=O)(O)OCCN)OC(=O)CCCCCCCCCc1ccc2ccc3cccc4ccc1c2c34. The van der Waals surface area contributed by atoms with Crippen LogP contribution < -0.4 is 5.73 Å². The van der Waals surface area contributed by atoms with Gasteiger partial charge in [-0.15, -0.1) is 0 Å². The zero-order valence-corrected chi connectivity index (χ0v) is 45.5. The molecule has 0 aliphatic rings. The summed E-state index contributed by atoms with van der Waals surface area (Å²) in [6.45, 7) is 1.49. The summed E-state index contributed by atoms with van der Waals surface area (Å²) < 4.78 is 33.2. The number of phosphoric acid groups is 1. The third-order valence-electron chi connectivity index (χ3n) is 14.5. The maximum absolute atomic E-state index is 12.8. The Hall–Kier alpha value is -3.07. The molecule has 0 bridgehead atoms. The minimum Gasteiger partial charge on any atom is -0.462 e. The fourth-order valence-electron chi connectivity index (χ4n) is 10.2. The van der Waals surface area contributed by atoms with E-state index >= 15 is 0 Å². The van der Waals surface area contributed by atoms with Crippen molar-refractivity contribution in [3.8, 4) is 0 Å². The highest BCUT2D eigenvalue weighted by atomic mass is 31.2. The summed E-state index contributed by atoms with van der Waals surface area (Å²) in [4.78, 5) is 35.4. The number of carbonyl (C=O) groups is 2. The largest absolute Gasteiger partial charge is 0.472 e. The maximum Gasteiger partial charge on any atom is 0.472 e. The van der Waals surface area contributed by atoms with Crippen LogP contribution in [0.4, 0.5) is 0 Å². The fraction of sp³-hybridized carbons (Fsp3) is 0.705. The lowest BCUT2D eigenvalue weighted by molar-refractivity contribution is -0.161. The van der Waals surface area contributed by atoms with Gasteiger partial charge in [0.2, 0.25) is 0 Å². The minimum absolute atomic E-state index is 0.0477. The molecule has 3 N–H and O–H groups in total. The van der Waals surface area contributed by atoms with Crippen LogP contribution >= 0.6 is 7.82 Å². The van der Waals surface area contributed by atoms with Crippen molar-refractivity contribution >= 4 is 52.1 Å². The Bertz CT molecular complexity index is 2010. The second-order valence-electron chi connectivity index (χ2n) is 20.7. The Morgan fingerprint density at radius 2 is 0.901 bits per heavy atom. The third-order valence-corrected chi connectivity index (χ3v) is 15.4. The van der Waals surface area contributed by atoms with E-state index in [1.54, 1.807) is 0 Å². The monoisotopic (exact) mass is 1000 g/mol. The van der Waals surface area contributed by atoms with Gasteiger partial charge in [-0.1, -0.05) is 261 Å². The van der Waals surface area contributed by atoms with Gasteiger partial charge in [0.15, 0.2) is 6.10 Å². The molecular weight excluding hydrogens is 906 g/mol. The number of phosphoric ester groups is 1. The number of hydrogen-bond acceptors (Lipinski definition) is 8. The van der Waals surface area contributed by atoms with Crippen LogP contribution in [-0.2, 0) is 39.1 Å². The molecule has 1 unspecified atom stereocenters. The van der Waals surface area contributed by atoms with Crippen LogP contribution in [0.3, 0.4) is 0 Å². The number of aryl methyl sites for hydroxylation is 1. The smallest absolute Gasteiger partial charge is 0.462 e. The predicted molar refractivity (Wildman–Crippen MR) is 297 cm³/mol. The zero-order valence-electron chi connectivity index (χ0n) is 44.6. The van der Waals surface area contributed by atoms with Crippen LogP contribution in [0.5, 0.6) is 0 Å². The molecule has 0 heterocycles. The average molecular weight is 1000 g/mol. The van der Waals surface area contributed by atoms with Crippen molar-refractivity contribution in [3.63, 3.8) is 0 Å². The molecular formula is C61H98NO8P. The zero-order chi connectivity index (χ0) is 50.5. The van der Waals surface area contributed by atoms with Gasteiger partial charge in [-0.3, -0.25) is 18.6 Å². The van der Waals surface area contributed by atoms with Crippen LogP contribution in [0.2, 0.25) is 0 Å². The second kappa shape index (κ2) is 38.5. The molecule has 0 aromatic heterocycles. The summed E-state index contributed by atoms with van der Waals surface area (Å²) in [6.07, 6.45) is 43.8. The molecule has 0 saturated heterocycles. The number of unbranched alkanes of at least 4 members (excludes halogenated alkanes) is 32. The van der Waals surface area contributed by atoms with Crippen molar-refractivity contribution < 1.29 is 37.6 Å². The summed E-state index contributed by atoms with van der Waals surface area (Å²) in [5.41, 5.74) is 6.82. The first-order valence-corrected chi connectivity index (χ1v) is 30.6. The molecule has 10 heteroatoms. The van der Waals surface area contributed by atoms with Gasteiger partial charge < -0.3 is 20.1 Å². The molecule has 4 aromatic carbocycles. The van der Waals surface area contributed by atoms with Crippen LogP contribution in [-0.4, -0.2) is 49.3 Å². The van der Waals surface area contributed by atoms with Gasteiger partial charge in [0.1, 0.15) is 6.61 Å². The van der Waals surface area contributed by atoms with Crippen molar-refractivity contribution in [3.05, 3.63) is 60.2 Å². The van der Waals surface area contributed by atoms with E-state index in [0.29, 0.717) is 6.42 Å². The van der Waals surface area contributed by atoms with Crippen LogP contribution in [0, 0.1) is 0 Å². The normalized spacial score (nSPS) is 13.1. The molecule has 0 aliphatic carbocycles. The van der Waals surface area contributed by atoms with Gasteiger partial charge in [0.05, 0.1) is 13.2 Å². The molecule has 4 rings (SSSR count). The summed E-state index contributed by atoms with van der Waals surface area (Å²) >= 11 is 0. The molecule has 4 aromatic rings. The Balaban J connectivity index is 0.949. The highest BCUT2D eigenvalue weighted by molar-refractivity contribution is 7.47. The Kier molecular flexibility index (Phi) is 32.8. The second-order valence-corrected chi connectivity index (χ2v) is 22.1. The highest BCUT2D eigenvalue weighted by Crippen LogP contribution is 2.43. The molecule has 2 atom stereocenters. The number of carbonyl (C=O) groups excluding carboxylic acids is 2. The van der Waals surface area contributed by atoms with Crippen molar-refractivity contribution in [1.82, 2.24) is 0 Å². The van der Waals surface area contributed by atoms with E-state index in [9.17, 15) is 19.0 Å². The summed E-state index contributed by atoms with van der Waals surface area (Å²) in [5.74, 6) is -0.836. The van der Waals surface area contributed by atoms with E-state index in [4.69, 9.17) is 24.3 Å². The molecule has 9 nitrogen and oxygen atoms in total. The molecule has 0 fully saturated rings. The molecule has 0 saturated carbocycles. The number of hydrogen-bond donors (Lipinski definition) is 2. The van der Waals surface area contributed by atoms with Gasteiger partial charge in [0, 0.05) is 19.4 Å². The number of nitrogens with two attached hydrogens (primary N) is 1. The van der Waals surface area contributed by atoms with Crippen LogP contribution in [0.15, 0.2) is 54.6 Å². The van der Waals surface area contributed by atoms with Gasteiger partial charge in [0.25, 0.3) is 0 Å². The molecule has 400 valence electrons. The lowest BCUT2D eigenvalue weighted by Crippen LogP contribution is -2.29. The van der Waals surface area contributed by atoms with E-state index in [2.05, 4.69) is 61.5 Å². The topological polar surface area (TPSA) is 134 Å². The molecule has 0 spiro atoms. The van der Waals surface area contributed by atoms with Crippen LogP contribution in [0.1, 0.15) is 244 Å². The number of ether oxygens (including phenoxy) is 2. The summed E-state index contributed by atoms with van der Waals surface area (Å²) in [5, 5.41) is 8.01. The first-order chi connectivity index (χ1) is 34.8. The highest BCUT2D eigenvalue weighted by Gasteiger charge is 2.26. The van der Waals surface area contributed by atoms with Gasteiger partial charge in [-0.2, -0.15) is 0 Å². The summed E-state index contributed by atoms with van der Waals surface area (Å²) in [7, 11) is -4.40. The molecule has 0 amide bonds. The quantitative estimate of drug-likeness (QED) is 0.0192. The van der Waals surface area contributed by atoms with Crippen molar-refractivity contribution in [2.24, 2.45) is 5.73 Å². The van der Waals surface area contributed by atoms with Gasteiger partial charge >= 0.3 is 19.8 Å². The Morgan fingerprint density at radius 3 is 1.38 bits per heavy atom. The van der Waals surface area contributed by atoms with E-state index < -0.39 is 26.5 Å². The maximum atomic E-state index is 12.8. The van der Waals surface area contributed by atoms with E-state index in [0.717, 1.165) is 64.2 Å². The third kappa shape index (κ3) is 26.6. The Labute approximate surface area is 430 Å². The molecule has 71 heavy (non-hydrogen) atoms. The van der Waals surface area contributed by atoms with E-state index in [1.807, 2.05) is 0 Å². The standard InChI is InChI=1S/C61H98NO8P/c1-2-3-4-5-6-7-8-9-10-11-12-13-14-15-16-17-18-19-20-21-22-23-24-25-28-31-34-40-58(63)67-50-56(51-69-71(65,66)68-49-48-62)70-59(64)41-35-32-29-26-27-30-33-37-52-42-43-55-45-44-53-38-36-39-54-46-47-57(52)61(55)60(53)54/h36,38-39,42-47,56H,2-35,37,40-41,48-51,62H2,1H3,(H,65,66)/t56-/m1/s1. The molecule has 0 radical (unpaired) electrons. The fourth-order valence-corrected chi connectivity index (χ4v) is 11.0. The van der Waals surface area contributed by atoms with Crippen molar-refractivity contribution in [2.45, 2.75) is 251 Å². The van der Waals surface area contributed by atoms with Crippen molar-refractivity contribution in [2.75, 3.05) is 26.4 Å². The van der Waals surface area contributed by atoms with Gasteiger partial charge in [-0.25, -0.2) is 4.57 Å². The Morgan fingerprint density at radius 1 is 0.493 bits per heavy atom. The first kappa shape index (κ1) is 60.5. The number of benzene rings is 4. The number of esters is 2. The van der Waals surface area contributed by atoms with Gasteiger partial charge in [-0.05, 0) is 63.6 Å². The van der Waals surface area contributed by atoms with Crippen molar-refractivity contribution in [1.29, 1.82) is 0 Å². The predicted octanol–water partition coefficient (Wildman–Crippen LogP) is 17.7. The minimum atomic E-state index is -4.40. The first-order valence-electron chi connectivity index (χ1n) is 29.1. The lowest BCUT2D eigenvalue weighted by atomic mass is 9.90. The average Bonchev–Trinajstić information content (AvgIpc) is 3.37. The van der Waals surface area contributed by atoms with Crippen LogP contribution in [0.25, 0.3) is 32.3 Å². The van der Waals surface area contributed by atoms with E-state index in [-0.39, 0.29) is 38.6 Å². The number of rotatable bonds is 47. The molecule has 0 aliphatic heterocycles.